The fraction of sp³-hybridized carbons (Fsp3) is 0.571. The highest BCUT2D eigenvalue weighted by Crippen LogP contribution is 2.27. The average Bonchev–Trinajstić information content (AvgIpc) is 2.49. The number of rotatable bonds is 8. The Morgan fingerprint density at radius 1 is 1.20 bits per heavy atom. The normalized spacial score (nSPS) is 12.4. The van der Waals surface area contributed by atoms with Crippen molar-refractivity contribution < 1.29 is 13.2 Å². The van der Waals surface area contributed by atoms with Gasteiger partial charge in [-0.05, 0) is 42.5 Å². The first-order valence-corrected chi connectivity index (χ1v) is 8.64. The highest BCUT2D eigenvalue weighted by Gasteiger charge is 2.27. The number of sulfonamides is 1. The van der Waals surface area contributed by atoms with E-state index in [1.807, 2.05) is 13.8 Å². The van der Waals surface area contributed by atoms with E-state index in [4.69, 9.17) is 16.3 Å². The molecule has 0 aliphatic heterocycles. The summed E-state index contributed by atoms with van der Waals surface area (Å²) in [5.41, 5.74) is -0.193. The molecule has 0 saturated heterocycles. The maximum Gasteiger partial charge on any atom is 0.240 e. The second kappa shape index (κ2) is 7.29. The van der Waals surface area contributed by atoms with Crippen LogP contribution in [0.4, 0.5) is 0 Å². The predicted octanol–water partition coefficient (Wildman–Crippen LogP) is 3.02. The second-order valence-corrected chi connectivity index (χ2v) is 6.88. The quantitative estimate of drug-likeness (QED) is 0.749. The number of alkyl halides is 1. The lowest BCUT2D eigenvalue weighted by Gasteiger charge is -2.29. The van der Waals surface area contributed by atoms with Gasteiger partial charge in [0.05, 0.1) is 12.0 Å². The van der Waals surface area contributed by atoms with E-state index in [0.29, 0.717) is 18.2 Å². The second-order valence-electron chi connectivity index (χ2n) is 4.84. The summed E-state index contributed by atoms with van der Waals surface area (Å²) in [6, 6.07) is 6.31. The summed E-state index contributed by atoms with van der Waals surface area (Å²) in [5, 5.41) is 0. The van der Waals surface area contributed by atoms with Gasteiger partial charge in [0.2, 0.25) is 10.0 Å². The molecule has 1 aromatic rings. The minimum atomic E-state index is -3.51. The Morgan fingerprint density at radius 2 is 1.75 bits per heavy atom. The monoisotopic (exact) mass is 319 g/mol. The van der Waals surface area contributed by atoms with Crippen molar-refractivity contribution in [1.82, 2.24) is 4.72 Å². The summed E-state index contributed by atoms with van der Waals surface area (Å²) in [5.74, 6) is 1.06. The Labute approximate surface area is 126 Å². The van der Waals surface area contributed by atoms with E-state index in [9.17, 15) is 8.42 Å². The van der Waals surface area contributed by atoms with E-state index in [1.165, 1.54) is 12.1 Å². The van der Waals surface area contributed by atoms with Crippen molar-refractivity contribution >= 4 is 21.6 Å². The topological polar surface area (TPSA) is 55.4 Å². The van der Waals surface area contributed by atoms with Gasteiger partial charge in [0.25, 0.3) is 0 Å². The maximum absolute atomic E-state index is 12.2. The van der Waals surface area contributed by atoms with Crippen LogP contribution in [0.15, 0.2) is 29.2 Å². The molecule has 114 valence electrons. The molecular formula is C14H22ClNO3S. The van der Waals surface area contributed by atoms with Gasteiger partial charge in [-0.2, -0.15) is 0 Å². The van der Waals surface area contributed by atoms with Crippen LogP contribution in [0.25, 0.3) is 0 Å². The Morgan fingerprint density at radius 3 is 2.15 bits per heavy atom. The molecular weight excluding hydrogens is 298 g/mol. The SMILES string of the molecule is CCC(CC)(CCl)CNS(=O)(=O)c1ccc(OC)cc1. The zero-order valence-electron chi connectivity index (χ0n) is 12.1. The van der Waals surface area contributed by atoms with Crippen LogP contribution >= 0.6 is 11.6 Å². The number of benzene rings is 1. The molecule has 0 aliphatic carbocycles. The van der Waals surface area contributed by atoms with Gasteiger partial charge in [-0.1, -0.05) is 13.8 Å². The number of halogens is 1. The highest BCUT2D eigenvalue weighted by molar-refractivity contribution is 7.89. The van der Waals surface area contributed by atoms with E-state index >= 15 is 0 Å². The lowest BCUT2D eigenvalue weighted by molar-refractivity contribution is 0.304. The van der Waals surface area contributed by atoms with Gasteiger partial charge >= 0.3 is 0 Å². The van der Waals surface area contributed by atoms with E-state index in [2.05, 4.69) is 4.72 Å². The first-order chi connectivity index (χ1) is 9.43. The fourth-order valence-electron chi connectivity index (χ4n) is 1.82. The van der Waals surface area contributed by atoms with Crippen LogP contribution < -0.4 is 9.46 Å². The molecule has 0 amide bonds. The van der Waals surface area contributed by atoms with Gasteiger partial charge in [0.1, 0.15) is 5.75 Å². The van der Waals surface area contributed by atoms with Crippen LogP contribution in [0.5, 0.6) is 5.75 Å². The molecule has 0 atom stereocenters. The molecule has 1 rings (SSSR count). The van der Waals surface area contributed by atoms with Gasteiger partial charge in [-0.25, -0.2) is 13.1 Å². The van der Waals surface area contributed by atoms with Crippen molar-refractivity contribution in [3.8, 4) is 5.75 Å². The fourth-order valence-corrected chi connectivity index (χ4v) is 3.45. The predicted molar refractivity (Wildman–Crippen MR) is 81.9 cm³/mol. The Kier molecular flexibility index (Phi) is 6.30. The van der Waals surface area contributed by atoms with E-state index in [-0.39, 0.29) is 10.3 Å². The highest BCUT2D eigenvalue weighted by atomic mass is 35.5. The Hall–Kier alpha value is -0.780. The Balaban J connectivity index is 2.84. The van der Waals surface area contributed by atoms with Crippen LogP contribution in [-0.4, -0.2) is 28.0 Å². The smallest absolute Gasteiger partial charge is 0.240 e. The summed E-state index contributed by atoms with van der Waals surface area (Å²) in [4.78, 5) is 0.231. The maximum atomic E-state index is 12.2. The minimum Gasteiger partial charge on any atom is -0.497 e. The van der Waals surface area contributed by atoms with Crippen molar-refractivity contribution in [3.63, 3.8) is 0 Å². The summed E-state index contributed by atoms with van der Waals surface area (Å²) < 4.78 is 32.1. The third kappa shape index (κ3) is 4.11. The van der Waals surface area contributed by atoms with Gasteiger partial charge in [-0.3, -0.25) is 0 Å². The van der Waals surface area contributed by atoms with Crippen molar-refractivity contribution in [1.29, 1.82) is 0 Å². The molecule has 0 aliphatic rings. The van der Waals surface area contributed by atoms with Crippen molar-refractivity contribution in [2.75, 3.05) is 19.5 Å². The molecule has 0 heterocycles. The Bertz CT molecular complexity index is 501. The molecule has 20 heavy (non-hydrogen) atoms. The molecule has 0 bridgehead atoms. The molecule has 6 heteroatoms. The molecule has 0 aromatic heterocycles. The number of nitrogens with one attached hydrogen (secondary N) is 1. The molecule has 0 saturated carbocycles. The summed E-state index contributed by atoms with van der Waals surface area (Å²) in [6.07, 6.45) is 1.66. The summed E-state index contributed by atoms with van der Waals surface area (Å²) in [6.45, 7) is 4.39. The van der Waals surface area contributed by atoms with Crippen LogP contribution in [-0.2, 0) is 10.0 Å². The molecule has 4 nitrogen and oxygen atoms in total. The number of hydrogen-bond acceptors (Lipinski definition) is 3. The molecule has 1 aromatic carbocycles. The molecule has 0 fully saturated rings. The van der Waals surface area contributed by atoms with Gasteiger partial charge < -0.3 is 4.74 Å². The number of ether oxygens (including phenoxy) is 1. The van der Waals surface area contributed by atoms with Gasteiger partial charge in [-0.15, -0.1) is 11.6 Å². The third-order valence-electron chi connectivity index (χ3n) is 3.79. The lowest BCUT2D eigenvalue weighted by Crippen LogP contribution is -2.38. The minimum absolute atomic E-state index is 0.193. The van der Waals surface area contributed by atoms with E-state index in [0.717, 1.165) is 12.8 Å². The van der Waals surface area contributed by atoms with E-state index < -0.39 is 10.0 Å². The van der Waals surface area contributed by atoms with Crippen LogP contribution in [0.2, 0.25) is 0 Å². The molecule has 0 unspecified atom stereocenters. The number of hydrogen-bond donors (Lipinski definition) is 1. The lowest BCUT2D eigenvalue weighted by atomic mass is 9.85. The molecule has 0 spiro atoms. The van der Waals surface area contributed by atoms with Crippen molar-refractivity contribution in [3.05, 3.63) is 24.3 Å². The van der Waals surface area contributed by atoms with E-state index in [1.54, 1.807) is 19.2 Å². The third-order valence-corrected chi connectivity index (χ3v) is 5.77. The van der Waals surface area contributed by atoms with Crippen LogP contribution in [0.3, 0.4) is 0 Å². The summed E-state index contributed by atoms with van der Waals surface area (Å²) in [7, 11) is -1.97. The largest absolute Gasteiger partial charge is 0.497 e. The van der Waals surface area contributed by atoms with Crippen molar-refractivity contribution in [2.24, 2.45) is 5.41 Å². The van der Waals surface area contributed by atoms with Crippen molar-refractivity contribution in [2.45, 2.75) is 31.6 Å². The zero-order valence-corrected chi connectivity index (χ0v) is 13.7. The van der Waals surface area contributed by atoms with Crippen LogP contribution in [0.1, 0.15) is 26.7 Å². The first kappa shape index (κ1) is 17.3. The molecule has 1 N–H and O–H groups in total. The number of methoxy groups -OCH3 is 1. The summed E-state index contributed by atoms with van der Waals surface area (Å²) >= 11 is 5.99. The standard InChI is InChI=1S/C14H22ClNO3S/c1-4-14(5-2,10-15)11-16-20(17,18)13-8-6-12(19-3)7-9-13/h6-9,16H,4-5,10-11H2,1-3H3. The first-order valence-electron chi connectivity index (χ1n) is 6.62. The average molecular weight is 320 g/mol. The zero-order chi connectivity index (χ0) is 15.2. The van der Waals surface area contributed by atoms with Gasteiger partial charge in [0, 0.05) is 12.4 Å². The molecule has 0 radical (unpaired) electrons. The van der Waals surface area contributed by atoms with Gasteiger partial charge in [0.15, 0.2) is 0 Å². The van der Waals surface area contributed by atoms with Crippen LogP contribution in [0, 0.1) is 5.41 Å².